The summed E-state index contributed by atoms with van der Waals surface area (Å²) < 4.78 is 0. The first-order chi connectivity index (χ1) is 9.01. The number of nitrogens with zero attached hydrogens (tertiary/aromatic N) is 3. The number of nitriles is 1. The fourth-order valence-electron chi connectivity index (χ4n) is 1.88. The van der Waals surface area contributed by atoms with Crippen molar-refractivity contribution in [1.29, 1.82) is 5.26 Å². The Morgan fingerprint density at radius 1 is 1.53 bits per heavy atom. The van der Waals surface area contributed by atoms with Gasteiger partial charge in [0.15, 0.2) is 0 Å². The maximum absolute atomic E-state index is 11.1. The molecule has 0 aliphatic rings. The molecule has 1 aromatic rings. The van der Waals surface area contributed by atoms with Gasteiger partial charge in [-0.3, -0.25) is 10.1 Å². The minimum Gasteiger partial charge on any atom is -0.396 e. The third kappa shape index (κ3) is 3.66. The van der Waals surface area contributed by atoms with E-state index in [1.807, 2.05) is 24.8 Å². The average Bonchev–Trinajstić information content (AvgIpc) is 2.38. The SMILES string of the molecule is CC(C)N(CCCO)c1ccc(C#N)cc1[N+](=O)[O-]. The minimum absolute atomic E-state index is 0.0350. The first-order valence-electron chi connectivity index (χ1n) is 6.07. The molecule has 0 amide bonds. The fourth-order valence-corrected chi connectivity index (χ4v) is 1.88. The van der Waals surface area contributed by atoms with Crippen LogP contribution in [0.5, 0.6) is 0 Å². The van der Waals surface area contributed by atoms with Crippen LogP contribution >= 0.6 is 0 Å². The van der Waals surface area contributed by atoms with Crippen LogP contribution in [-0.2, 0) is 0 Å². The molecule has 1 aromatic carbocycles. The van der Waals surface area contributed by atoms with E-state index in [-0.39, 0.29) is 23.9 Å². The lowest BCUT2D eigenvalue weighted by Gasteiger charge is -2.28. The summed E-state index contributed by atoms with van der Waals surface area (Å²) in [4.78, 5) is 12.5. The van der Waals surface area contributed by atoms with Crippen molar-refractivity contribution in [2.75, 3.05) is 18.1 Å². The van der Waals surface area contributed by atoms with Gasteiger partial charge in [0.25, 0.3) is 5.69 Å². The van der Waals surface area contributed by atoms with E-state index < -0.39 is 4.92 Å². The molecule has 1 rings (SSSR count). The number of benzene rings is 1. The zero-order valence-corrected chi connectivity index (χ0v) is 11.0. The fraction of sp³-hybridized carbons (Fsp3) is 0.462. The summed E-state index contributed by atoms with van der Waals surface area (Å²) in [6.45, 7) is 4.42. The van der Waals surface area contributed by atoms with E-state index in [0.717, 1.165) is 0 Å². The van der Waals surface area contributed by atoms with Crippen LogP contribution in [0.4, 0.5) is 11.4 Å². The van der Waals surface area contributed by atoms with Gasteiger partial charge >= 0.3 is 0 Å². The minimum atomic E-state index is -0.482. The van der Waals surface area contributed by atoms with Crippen molar-refractivity contribution in [3.8, 4) is 6.07 Å². The van der Waals surface area contributed by atoms with Crippen LogP contribution in [-0.4, -0.2) is 29.2 Å². The quantitative estimate of drug-likeness (QED) is 0.626. The van der Waals surface area contributed by atoms with Crippen molar-refractivity contribution < 1.29 is 10.0 Å². The number of hydrogen-bond acceptors (Lipinski definition) is 5. The number of nitro groups is 1. The zero-order valence-electron chi connectivity index (χ0n) is 11.0. The van der Waals surface area contributed by atoms with Gasteiger partial charge in [0.2, 0.25) is 0 Å². The number of rotatable bonds is 6. The molecule has 0 radical (unpaired) electrons. The van der Waals surface area contributed by atoms with Crippen molar-refractivity contribution in [3.05, 3.63) is 33.9 Å². The molecule has 6 heteroatoms. The Bertz CT molecular complexity index is 494. The van der Waals surface area contributed by atoms with Gasteiger partial charge in [0.1, 0.15) is 5.69 Å². The van der Waals surface area contributed by atoms with Crippen molar-refractivity contribution in [1.82, 2.24) is 0 Å². The molecule has 102 valence electrons. The second kappa shape index (κ2) is 6.71. The van der Waals surface area contributed by atoms with E-state index in [1.54, 1.807) is 12.1 Å². The predicted octanol–water partition coefficient (Wildman–Crippen LogP) is 2.06. The van der Waals surface area contributed by atoms with E-state index in [0.29, 0.717) is 18.7 Å². The Morgan fingerprint density at radius 3 is 2.68 bits per heavy atom. The monoisotopic (exact) mass is 263 g/mol. The van der Waals surface area contributed by atoms with Gasteiger partial charge in [0.05, 0.1) is 16.6 Å². The molecule has 6 nitrogen and oxygen atoms in total. The summed E-state index contributed by atoms with van der Waals surface area (Å²) >= 11 is 0. The number of hydrogen-bond donors (Lipinski definition) is 1. The molecule has 0 aromatic heterocycles. The van der Waals surface area contributed by atoms with Gasteiger partial charge in [-0.1, -0.05) is 0 Å². The highest BCUT2D eigenvalue weighted by molar-refractivity contribution is 5.66. The lowest BCUT2D eigenvalue weighted by Crippen LogP contribution is -2.32. The van der Waals surface area contributed by atoms with Crippen molar-refractivity contribution >= 4 is 11.4 Å². The average molecular weight is 263 g/mol. The third-order valence-corrected chi connectivity index (χ3v) is 2.79. The summed E-state index contributed by atoms with van der Waals surface area (Å²) in [7, 11) is 0. The van der Waals surface area contributed by atoms with E-state index in [1.165, 1.54) is 6.07 Å². The Kier molecular flexibility index (Phi) is 5.27. The first-order valence-corrected chi connectivity index (χ1v) is 6.07. The standard InChI is InChI=1S/C13H17N3O3/c1-10(2)15(6-3-7-17)12-5-4-11(9-14)8-13(12)16(18)19/h4-5,8,10,17H,3,6-7H2,1-2H3. The Hall–Kier alpha value is -2.13. The van der Waals surface area contributed by atoms with E-state index in [4.69, 9.17) is 10.4 Å². The zero-order chi connectivity index (χ0) is 14.4. The second-order valence-corrected chi connectivity index (χ2v) is 4.44. The highest BCUT2D eigenvalue weighted by Crippen LogP contribution is 2.30. The molecule has 1 N–H and O–H groups in total. The molecule has 0 unspecified atom stereocenters. The summed E-state index contributed by atoms with van der Waals surface area (Å²) in [6, 6.07) is 6.40. The highest BCUT2D eigenvalue weighted by Gasteiger charge is 2.21. The van der Waals surface area contributed by atoms with Crippen LogP contribution in [0.1, 0.15) is 25.8 Å². The smallest absolute Gasteiger partial charge is 0.293 e. The first kappa shape index (κ1) is 14.9. The van der Waals surface area contributed by atoms with Gasteiger partial charge < -0.3 is 10.0 Å². The number of aliphatic hydroxyl groups excluding tert-OH is 1. The summed E-state index contributed by atoms with van der Waals surface area (Å²) in [5, 5.41) is 28.8. The lowest BCUT2D eigenvalue weighted by molar-refractivity contribution is -0.384. The topological polar surface area (TPSA) is 90.4 Å². The molecule has 0 saturated heterocycles. The molecule has 0 heterocycles. The lowest BCUT2D eigenvalue weighted by atomic mass is 10.1. The van der Waals surface area contributed by atoms with Crippen molar-refractivity contribution in [2.24, 2.45) is 0 Å². The van der Waals surface area contributed by atoms with Crippen molar-refractivity contribution in [3.63, 3.8) is 0 Å². The number of nitro benzene ring substituents is 1. The highest BCUT2D eigenvalue weighted by atomic mass is 16.6. The van der Waals surface area contributed by atoms with E-state index >= 15 is 0 Å². The van der Waals surface area contributed by atoms with E-state index in [9.17, 15) is 10.1 Å². The maximum atomic E-state index is 11.1. The molecule has 0 spiro atoms. The molecular formula is C13H17N3O3. The van der Waals surface area contributed by atoms with Gasteiger partial charge in [-0.15, -0.1) is 0 Å². The molecule has 0 fully saturated rings. The molecule has 0 aliphatic carbocycles. The largest absolute Gasteiger partial charge is 0.396 e. The second-order valence-electron chi connectivity index (χ2n) is 4.44. The molecule has 0 aliphatic heterocycles. The van der Waals surface area contributed by atoms with Gasteiger partial charge in [0, 0.05) is 25.3 Å². The summed E-state index contributed by atoms with van der Waals surface area (Å²) in [5.74, 6) is 0. The molecule has 0 saturated carbocycles. The molecule has 0 atom stereocenters. The third-order valence-electron chi connectivity index (χ3n) is 2.79. The van der Waals surface area contributed by atoms with E-state index in [2.05, 4.69) is 0 Å². The Labute approximate surface area is 112 Å². The van der Waals surface area contributed by atoms with Crippen molar-refractivity contribution in [2.45, 2.75) is 26.3 Å². The molecule has 0 bridgehead atoms. The van der Waals surface area contributed by atoms with Gasteiger partial charge in [-0.05, 0) is 32.4 Å². The summed E-state index contributed by atoms with van der Waals surface area (Å²) in [5.41, 5.74) is 0.666. The van der Waals surface area contributed by atoms with Crippen LogP contribution in [0.3, 0.4) is 0 Å². The van der Waals surface area contributed by atoms with Crippen LogP contribution < -0.4 is 4.90 Å². The molecular weight excluding hydrogens is 246 g/mol. The van der Waals surface area contributed by atoms with Crippen LogP contribution in [0.25, 0.3) is 0 Å². The van der Waals surface area contributed by atoms with Gasteiger partial charge in [-0.2, -0.15) is 5.26 Å². The Balaban J connectivity index is 3.22. The van der Waals surface area contributed by atoms with Crippen LogP contribution in [0.2, 0.25) is 0 Å². The van der Waals surface area contributed by atoms with Gasteiger partial charge in [-0.25, -0.2) is 0 Å². The van der Waals surface area contributed by atoms with Crippen LogP contribution in [0, 0.1) is 21.4 Å². The summed E-state index contributed by atoms with van der Waals surface area (Å²) in [6.07, 6.45) is 0.537. The number of aliphatic hydroxyl groups is 1. The van der Waals surface area contributed by atoms with Crippen LogP contribution in [0.15, 0.2) is 18.2 Å². The molecule has 19 heavy (non-hydrogen) atoms. The maximum Gasteiger partial charge on any atom is 0.293 e. The number of anilines is 1. The Morgan fingerprint density at radius 2 is 2.21 bits per heavy atom. The normalized spacial score (nSPS) is 10.3. The predicted molar refractivity (Wildman–Crippen MR) is 72.0 cm³/mol.